The van der Waals surface area contributed by atoms with Crippen LogP contribution in [-0.2, 0) is 6.18 Å². The molecule has 0 unspecified atom stereocenters. The minimum Gasteiger partial charge on any atom is -0.493 e. The van der Waals surface area contributed by atoms with Crippen LogP contribution in [0.2, 0.25) is 5.02 Å². The van der Waals surface area contributed by atoms with Crippen LogP contribution in [0, 0.1) is 5.82 Å². The highest BCUT2D eigenvalue weighted by molar-refractivity contribution is 6.30. The maximum absolute atomic E-state index is 13.0. The smallest absolute Gasteiger partial charge is 0.422 e. The zero-order valence-corrected chi connectivity index (χ0v) is 8.42. The summed E-state index contributed by atoms with van der Waals surface area (Å²) in [5.41, 5.74) is -1.42. The molecule has 0 fully saturated rings. The maximum atomic E-state index is 13.0. The van der Waals surface area contributed by atoms with Gasteiger partial charge in [-0.2, -0.15) is 13.2 Å². The zero-order valence-electron chi connectivity index (χ0n) is 7.66. The fourth-order valence-corrected chi connectivity index (χ4v) is 1.29. The number of rotatable bonds is 2. The number of alkyl halides is 3. The summed E-state index contributed by atoms with van der Waals surface area (Å²) >= 11 is 5.42. The Labute approximate surface area is 88.6 Å². The molecule has 0 amide bonds. The van der Waals surface area contributed by atoms with Crippen LogP contribution in [0.1, 0.15) is 12.5 Å². The van der Waals surface area contributed by atoms with Crippen molar-refractivity contribution in [1.29, 1.82) is 0 Å². The molecule has 0 aliphatic carbocycles. The molecule has 0 aromatic heterocycles. The van der Waals surface area contributed by atoms with Crippen LogP contribution < -0.4 is 4.74 Å². The van der Waals surface area contributed by atoms with Crippen LogP contribution in [0.5, 0.6) is 5.75 Å². The van der Waals surface area contributed by atoms with Gasteiger partial charge in [0.05, 0.1) is 6.61 Å². The molecule has 1 rings (SSSR count). The van der Waals surface area contributed by atoms with Crippen molar-refractivity contribution in [3.63, 3.8) is 0 Å². The summed E-state index contributed by atoms with van der Waals surface area (Å²) in [5.74, 6) is -2.02. The third-order valence-electron chi connectivity index (χ3n) is 1.60. The summed E-state index contributed by atoms with van der Waals surface area (Å²) < 4.78 is 54.9. The fraction of sp³-hybridized carbons (Fsp3) is 0.333. The van der Waals surface area contributed by atoms with E-state index in [4.69, 9.17) is 11.6 Å². The Bertz CT molecular complexity index is 362. The van der Waals surface area contributed by atoms with Gasteiger partial charge in [-0.25, -0.2) is 4.39 Å². The molecule has 15 heavy (non-hydrogen) atoms. The van der Waals surface area contributed by atoms with E-state index in [1.54, 1.807) is 0 Å². The second-order valence-corrected chi connectivity index (χ2v) is 3.13. The van der Waals surface area contributed by atoms with Gasteiger partial charge in [0.15, 0.2) is 0 Å². The van der Waals surface area contributed by atoms with Crippen LogP contribution in [0.3, 0.4) is 0 Å². The largest absolute Gasteiger partial charge is 0.493 e. The van der Waals surface area contributed by atoms with Gasteiger partial charge in [-0.1, -0.05) is 11.6 Å². The molecular weight excluding hydrogens is 236 g/mol. The first-order valence-corrected chi connectivity index (χ1v) is 4.43. The minimum absolute atomic E-state index is 0.00284. The number of hydrogen-bond acceptors (Lipinski definition) is 1. The second kappa shape index (κ2) is 4.26. The van der Waals surface area contributed by atoms with Crippen molar-refractivity contribution >= 4 is 11.6 Å². The zero-order chi connectivity index (χ0) is 11.6. The quantitative estimate of drug-likeness (QED) is 0.715. The second-order valence-electron chi connectivity index (χ2n) is 2.69. The van der Waals surface area contributed by atoms with Crippen LogP contribution >= 0.6 is 11.6 Å². The maximum Gasteiger partial charge on any atom is 0.422 e. The third kappa shape index (κ3) is 2.75. The number of hydrogen-bond donors (Lipinski definition) is 0. The average molecular weight is 243 g/mol. The van der Waals surface area contributed by atoms with E-state index in [9.17, 15) is 17.6 Å². The lowest BCUT2D eigenvalue weighted by Crippen LogP contribution is -2.11. The Kier molecular flexibility index (Phi) is 3.44. The molecule has 0 spiro atoms. The fourth-order valence-electron chi connectivity index (χ4n) is 1.09. The molecule has 1 aromatic carbocycles. The van der Waals surface area contributed by atoms with Crippen molar-refractivity contribution < 1.29 is 22.3 Å². The topological polar surface area (TPSA) is 9.23 Å². The van der Waals surface area contributed by atoms with Crippen molar-refractivity contribution in [3.05, 3.63) is 28.5 Å². The van der Waals surface area contributed by atoms with Gasteiger partial charge in [0, 0.05) is 5.02 Å². The number of benzene rings is 1. The van der Waals surface area contributed by atoms with E-state index in [2.05, 4.69) is 4.74 Å². The van der Waals surface area contributed by atoms with Gasteiger partial charge >= 0.3 is 6.18 Å². The van der Waals surface area contributed by atoms with E-state index in [0.29, 0.717) is 6.07 Å². The molecule has 84 valence electrons. The molecule has 0 bridgehead atoms. The molecule has 0 radical (unpaired) electrons. The highest BCUT2D eigenvalue weighted by Crippen LogP contribution is 2.39. The highest BCUT2D eigenvalue weighted by Gasteiger charge is 2.38. The van der Waals surface area contributed by atoms with Gasteiger partial charge in [-0.15, -0.1) is 0 Å². The van der Waals surface area contributed by atoms with E-state index in [-0.39, 0.29) is 11.6 Å². The summed E-state index contributed by atoms with van der Waals surface area (Å²) in [6.45, 7) is 1.50. The molecule has 0 aliphatic heterocycles. The number of ether oxygens (including phenoxy) is 1. The van der Waals surface area contributed by atoms with Gasteiger partial charge in [0.1, 0.15) is 17.1 Å². The Morgan fingerprint density at radius 2 is 1.93 bits per heavy atom. The van der Waals surface area contributed by atoms with E-state index in [0.717, 1.165) is 6.07 Å². The van der Waals surface area contributed by atoms with E-state index in [1.165, 1.54) is 6.92 Å². The molecule has 6 heteroatoms. The molecule has 0 atom stereocenters. The van der Waals surface area contributed by atoms with Crippen LogP contribution in [0.15, 0.2) is 12.1 Å². The molecule has 1 nitrogen and oxygen atoms in total. The summed E-state index contributed by atoms with van der Waals surface area (Å²) in [7, 11) is 0. The van der Waals surface area contributed by atoms with Crippen molar-refractivity contribution in [2.24, 2.45) is 0 Å². The first kappa shape index (κ1) is 12.1. The Morgan fingerprint density at radius 1 is 1.33 bits per heavy atom. The summed E-state index contributed by atoms with van der Waals surface area (Å²) in [5, 5.41) is -0.135. The summed E-state index contributed by atoms with van der Waals surface area (Å²) in [4.78, 5) is 0. The van der Waals surface area contributed by atoms with Crippen LogP contribution in [0.4, 0.5) is 17.6 Å². The van der Waals surface area contributed by atoms with E-state index >= 15 is 0 Å². The number of halogens is 5. The Hall–Kier alpha value is -0.970. The molecule has 1 aromatic rings. The third-order valence-corrected chi connectivity index (χ3v) is 1.82. The minimum atomic E-state index is -4.79. The lowest BCUT2D eigenvalue weighted by atomic mass is 10.2. The Morgan fingerprint density at radius 3 is 2.40 bits per heavy atom. The normalized spacial score (nSPS) is 11.6. The van der Waals surface area contributed by atoms with Gasteiger partial charge in [0.25, 0.3) is 0 Å². The van der Waals surface area contributed by atoms with E-state index in [1.807, 2.05) is 0 Å². The van der Waals surface area contributed by atoms with Crippen molar-refractivity contribution in [2.75, 3.05) is 6.61 Å². The predicted molar refractivity (Wildman–Crippen MR) is 47.6 cm³/mol. The Balaban J connectivity index is 3.33. The van der Waals surface area contributed by atoms with Crippen molar-refractivity contribution in [1.82, 2.24) is 0 Å². The molecule has 0 N–H and O–H groups in total. The highest BCUT2D eigenvalue weighted by atomic mass is 35.5. The molecular formula is C9H7ClF4O. The van der Waals surface area contributed by atoms with Gasteiger partial charge < -0.3 is 4.74 Å². The molecule has 0 saturated carbocycles. The van der Waals surface area contributed by atoms with Gasteiger partial charge in [0.2, 0.25) is 0 Å². The lowest BCUT2D eigenvalue weighted by molar-refractivity contribution is -0.141. The molecule has 0 aliphatic rings. The first-order valence-electron chi connectivity index (χ1n) is 4.05. The summed E-state index contributed by atoms with van der Waals surface area (Å²) in [6.07, 6.45) is -4.79. The van der Waals surface area contributed by atoms with Gasteiger partial charge in [-0.05, 0) is 19.1 Å². The summed E-state index contributed by atoms with van der Waals surface area (Å²) in [6, 6.07) is 1.55. The predicted octanol–water partition coefficient (Wildman–Crippen LogP) is 3.90. The standard InChI is InChI=1S/C9H7ClF4O/c1-2-15-7-4-5(10)3-6(11)8(7)9(12,13)14/h3-4H,2H2,1H3. The molecule has 0 saturated heterocycles. The lowest BCUT2D eigenvalue weighted by Gasteiger charge is -2.14. The average Bonchev–Trinajstić information content (AvgIpc) is 1.99. The monoisotopic (exact) mass is 242 g/mol. The van der Waals surface area contributed by atoms with Gasteiger partial charge in [-0.3, -0.25) is 0 Å². The van der Waals surface area contributed by atoms with Crippen LogP contribution in [0.25, 0.3) is 0 Å². The van der Waals surface area contributed by atoms with Crippen LogP contribution in [-0.4, -0.2) is 6.61 Å². The first-order chi connectivity index (χ1) is 6.86. The SMILES string of the molecule is CCOc1cc(Cl)cc(F)c1C(F)(F)F. The van der Waals surface area contributed by atoms with Crippen molar-refractivity contribution in [3.8, 4) is 5.75 Å². The molecule has 0 heterocycles. The van der Waals surface area contributed by atoms with E-state index < -0.39 is 23.3 Å². The van der Waals surface area contributed by atoms with Crippen molar-refractivity contribution in [2.45, 2.75) is 13.1 Å².